The lowest BCUT2D eigenvalue weighted by Crippen LogP contribution is -2.53. The second-order valence-electron chi connectivity index (χ2n) is 2.47. The summed E-state index contributed by atoms with van der Waals surface area (Å²) in [6, 6.07) is 0. The van der Waals surface area contributed by atoms with Crippen LogP contribution >= 0.6 is 10.7 Å². The summed E-state index contributed by atoms with van der Waals surface area (Å²) in [6.07, 6.45) is 0.527. The maximum Gasteiger partial charge on any atom is 0.242 e. The Kier molecular flexibility index (Phi) is 1.96. The van der Waals surface area contributed by atoms with Gasteiger partial charge in [-0.2, -0.15) is 0 Å². The normalized spacial score (nSPS) is 23.8. The molecule has 0 radical (unpaired) electrons. The second-order valence-corrected chi connectivity index (χ2v) is 5.43. The zero-order valence-electron chi connectivity index (χ0n) is 5.63. The van der Waals surface area contributed by atoms with Crippen molar-refractivity contribution in [3.05, 3.63) is 0 Å². The molecule has 0 spiro atoms. The number of halogens is 1. The molecule has 0 aliphatic carbocycles. The fourth-order valence-electron chi connectivity index (χ4n) is 0.847. The molecule has 5 heteroatoms. The molecule has 0 aromatic carbocycles. The Labute approximate surface area is 64.7 Å². The first-order chi connectivity index (χ1) is 4.52. The lowest BCUT2D eigenvalue weighted by atomic mass is 10.0. The van der Waals surface area contributed by atoms with Gasteiger partial charge in [-0.3, -0.25) is 0 Å². The van der Waals surface area contributed by atoms with E-state index in [1.165, 1.54) is 0 Å². The highest BCUT2D eigenvalue weighted by molar-refractivity contribution is 8.14. The predicted octanol–water partition coefficient (Wildman–Crippen LogP) is 0.734. The zero-order valence-corrected chi connectivity index (χ0v) is 7.20. The van der Waals surface area contributed by atoms with Crippen LogP contribution in [0.5, 0.6) is 0 Å². The van der Waals surface area contributed by atoms with Gasteiger partial charge < -0.3 is 4.74 Å². The molecule has 1 heterocycles. The molecule has 1 aliphatic rings. The van der Waals surface area contributed by atoms with Gasteiger partial charge in [0.2, 0.25) is 9.05 Å². The first kappa shape index (κ1) is 8.30. The molecule has 0 atom stereocenters. The van der Waals surface area contributed by atoms with E-state index in [2.05, 4.69) is 0 Å². The molecule has 0 N–H and O–H groups in total. The van der Waals surface area contributed by atoms with Crippen molar-refractivity contribution in [1.82, 2.24) is 0 Å². The molecular weight excluding hydrogens is 176 g/mol. The largest absolute Gasteiger partial charge is 0.378 e. The summed E-state index contributed by atoms with van der Waals surface area (Å²) in [6.45, 7) is 2.28. The minimum Gasteiger partial charge on any atom is -0.378 e. The van der Waals surface area contributed by atoms with E-state index in [-0.39, 0.29) is 13.2 Å². The van der Waals surface area contributed by atoms with E-state index in [1.807, 2.05) is 0 Å². The van der Waals surface area contributed by atoms with Crippen LogP contribution in [0, 0.1) is 0 Å². The highest BCUT2D eigenvalue weighted by atomic mass is 35.7. The first-order valence-corrected chi connectivity index (χ1v) is 5.35. The fourth-order valence-corrected chi connectivity index (χ4v) is 2.23. The lowest BCUT2D eigenvalue weighted by molar-refractivity contribution is -0.0139. The fraction of sp³-hybridized carbons (Fsp3) is 1.00. The topological polar surface area (TPSA) is 43.4 Å². The number of hydrogen-bond donors (Lipinski definition) is 0. The smallest absolute Gasteiger partial charge is 0.242 e. The summed E-state index contributed by atoms with van der Waals surface area (Å²) in [5, 5.41) is 0. The van der Waals surface area contributed by atoms with E-state index in [0.29, 0.717) is 6.42 Å². The van der Waals surface area contributed by atoms with E-state index in [1.54, 1.807) is 6.92 Å². The van der Waals surface area contributed by atoms with Gasteiger partial charge in [0.15, 0.2) is 0 Å². The molecule has 0 amide bonds. The van der Waals surface area contributed by atoms with Crippen LogP contribution in [0.2, 0.25) is 0 Å². The molecule has 1 fully saturated rings. The molecule has 0 aromatic rings. The van der Waals surface area contributed by atoms with Crippen LogP contribution in [-0.2, 0) is 13.8 Å². The van der Waals surface area contributed by atoms with Crippen LogP contribution < -0.4 is 0 Å². The van der Waals surface area contributed by atoms with Crippen LogP contribution in [0.3, 0.4) is 0 Å². The van der Waals surface area contributed by atoms with Crippen molar-refractivity contribution in [2.24, 2.45) is 0 Å². The van der Waals surface area contributed by atoms with E-state index >= 15 is 0 Å². The Morgan fingerprint density at radius 1 is 1.60 bits per heavy atom. The zero-order chi connectivity index (χ0) is 7.83. The van der Waals surface area contributed by atoms with Crippen LogP contribution in [0.25, 0.3) is 0 Å². The van der Waals surface area contributed by atoms with Crippen LogP contribution in [0.4, 0.5) is 0 Å². The van der Waals surface area contributed by atoms with E-state index < -0.39 is 13.8 Å². The monoisotopic (exact) mass is 184 g/mol. The van der Waals surface area contributed by atoms with Gasteiger partial charge in [-0.1, -0.05) is 6.92 Å². The Balaban J connectivity index is 2.85. The molecule has 3 nitrogen and oxygen atoms in total. The SMILES string of the molecule is CCC1(S(=O)(=O)Cl)COC1. The Hall–Kier alpha value is 0.200. The predicted molar refractivity (Wildman–Crippen MR) is 38.6 cm³/mol. The average molecular weight is 185 g/mol. The highest BCUT2D eigenvalue weighted by Crippen LogP contribution is 2.32. The Morgan fingerprint density at radius 3 is 2.10 bits per heavy atom. The maximum atomic E-state index is 10.9. The number of rotatable bonds is 2. The number of ether oxygens (including phenoxy) is 1. The summed E-state index contributed by atoms with van der Waals surface area (Å²) < 4.78 is 25.7. The summed E-state index contributed by atoms with van der Waals surface area (Å²) >= 11 is 0. The minimum absolute atomic E-state index is 0.245. The van der Waals surface area contributed by atoms with Gasteiger partial charge in [-0.05, 0) is 6.42 Å². The minimum atomic E-state index is -3.43. The Bertz CT molecular complexity index is 212. The molecule has 0 unspecified atom stereocenters. The Morgan fingerprint density at radius 2 is 2.10 bits per heavy atom. The van der Waals surface area contributed by atoms with Crippen molar-refractivity contribution in [1.29, 1.82) is 0 Å². The van der Waals surface area contributed by atoms with Gasteiger partial charge in [0.1, 0.15) is 4.75 Å². The van der Waals surface area contributed by atoms with Crippen LogP contribution in [0.15, 0.2) is 0 Å². The van der Waals surface area contributed by atoms with Gasteiger partial charge in [0.05, 0.1) is 13.2 Å². The van der Waals surface area contributed by atoms with E-state index in [9.17, 15) is 8.42 Å². The van der Waals surface area contributed by atoms with Crippen molar-refractivity contribution in [2.45, 2.75) is 18.1 Å². The molecule has 1 saturated heterocycles. The third kappa shape index (κ3) is 1.04. The summed E-state index contributed by atoms with van der Waals surface area (Å²) in [5.41, 5.74) is 0. The van der Waals surface area contributed by atoms with Crippen molar-refractivity contribution >= 4 is 19.7 Å². The van der Waals surface area contributed by atoms with Crippen molar-refractivity contribution in [3.8, 4) is 0 Å². The third-order valence-corrected chi connectivity index (χ3v) is 4.43. The van der Waals surface area contributed by atoms with Crippen molar-refractivity contribution < 1.29 is 13.2 Å². The van der Waals surface area contributed by atoms with Crippen LogP contribution in [-0.4, -0.2) is 26.4 Å². The molecule has 0 aromatic heterocycles. The molecule has 0 saturated carbocycles. The lowest BCUT2D eigenvalue weighted by Gasteiger charge is -2.37. The summed E-state index contributed by atoms with van der Waals surface area (Å²) in [5.74, 6) is 0. The molecule has 10 heavy (non-hydrogen) atoms. The summed E-state index contributed by atoms with van der Waals surface area (Å²) in [4.78, 5) is 0. The molecule has 1 aliphatic heterocycles. The first-order valence-electron chi connectivity index (χ1n) is 3.04. The number of hydrogen-bond acceptors (Lipinski definition) is 3. The molecule has 0 bridgehead atoms. The summed E-state index contributed by atoms with van der Waals surface area (Å²) in [7, 11) is 1.75. The maximum absolute atomic E-state index is 10.9. The quantitative estimate of drug-likeness (QED) is 0.595. The van der Waals surface area contributed by atoms with Crippen molar-refractivity contribution in [3.63, 3.8) is 0 Å². The van der Waals surface area contributed by atoms with Crippen molar-refractivity contribution in [2.75, 3.05) is 13.2 Å². The average Bonchev–Trinajstić information content (AvgIpc) is 1.58. The third-order valence-electron chi connectivity index (χ3n) is 1.89. The van der Waals surface area contributed by atoms with Gasteiger partial charge in [-0.25, -0.2) is 8.42 Å². The van der Waals surface area contributed by atoms with E-state index in [4.69, 9.17) is 15.4 Å². The molecule has 60 valence electrons. The highest BCUT2D eigenvalue weighted by Gasteiger charge is 2.48. The van der Waals surface area contributed by atoms with Gasteiger partial charge in [-0.15, -0.1) is 0 Å². The van der Waals surface area contributed by atoms with Gasteiger partial charge >= 0.3 is 0 Å². The van der Waals surface area contributed by atoms with Crippen LogP contribution in [0.1, 0.15) is 13.3 Å². The van der Waals surface area contributed by atoms with Gasteiger partial charge in [0, 0.05) is 10.7 Å². The van der Waals surface area contributed by atoms with Gasteiger partial charge in [0.25, 0.3) is 0 Å². The standard InChI is InChI=1S/C5H9ClO3S/c1-2-5(3-9-4-5)10(6,7)8/h2-4H2,1H3. The second kappa shape index (κ2) is 2.36. The molecule has 1 rings (SSSR count). The molecular formula is C5H9ClO3S. The van der Waals surface area contributed by atoms with E-state index in [0.717, 1.165) is 0 Å².